The zero-order valence-electron chi connectivity index (χ0n) is 11.6. The number of carbonyl (C=O) groups excluding carboxylic acids is 1. The van der Waals surface area contributed by atoms with Gasteiger partial charge in [-0.05, 0) is 43.3 Å². The SMILES string of the molecule is CO/N=C(\C)c1ccc(Br)cc1C(=O)c1ccc(Cl)cc1. The molecule has 0 aliphatic carbocycles. The highest BCUT2D eigenvalue weighted by Gasteiger charge is 2.16. The molecule has 0 radical (unpaired) electrons. The van der Waals surface area contributed by atoms with Crippen LogP contribution in [0.25, 0.3) is 0 Å². The monoisotopic (exact) mass is 365 g/mol. The Morgan fingerprint density at radius 2 is 1.81 bits per heavy atom. The molecule has 0 bridgehead atoms. The molecule has 0 fully saturated rings. The van der Waals surface area contributed by atoms with Crippen LogP contribution in [0.1, 0.15) is 28.4 Å². The average molecular weight is 367 g/mol. The lowest BCUT2D eigenvalue weighted by molar-refractivity contribution is 0.103. The second kappa shape index (κ2) is 6.87. The Hall–Kier alpha value is -1.65. The lowest BCUT2D eigenvalue weighted by atomic mass is 9.96. The van der Waals surface area contributed by atoms with Gasteiger partial charge < -0.3 is 4.84 Å². The predicted molar refractivity (Wildman–Crippen MR) is 88.2 cm³/mol. The normalized spacial score (nSPS) is 11.3. The third-order valence-electron chi connectivity index (χ3n) is 2.95. The van der Waals surface area contributed by atoms with Crippen molar-refractivity contribution in [3.63, 3.8) is 0 Å². The largest absolute Gasteiger partial charge is 0.399 e. The number of halogens is 2. The van der Waals surface area contributed by atoms with Crippen LogP contribution in [0.4, 0.5) is 0 Å². The molecule has 5 heteroatoms. The topological polar surface area (TPSA) is 38.7 Å². The molecule has 0 saturated carbocycles. The third kappa shape index (κ3) is 3.71. The van der Waals surface area contributed by atoms with Crippen molar-refractivity contribution < 1.29 is 9.63 Å². The number of nitrogens with zero attached hydrogens (tertiary/aromatic N) is 1. The molecule has 2 aromatic rings. The fourth-order valence-electron chi connectivity index (χ4n) is 1.96. The van der Waals surface area contributed by atoms with Crippen molar-refractivity contribution in [2.45, 2.75) is 6.92 Å². The first kappa shape index (κ1) is 15.7. The molecule has 2 rings (SSSR count). The molecule has 0 N–H and O–H groups in total. The van der Waals surface area contributed by atoms with E-state index >= 15 is 0 Å². The van der Waals surface area contributed by atoms with E-state index in [1.165, 1.54) is 7.11 Å². The Bertz CT molecular complexity index is 696. The average Bonchev–Trinajstić information content (AvgIpc) is 2.47. The van der Waals surface area contributed by atoms with Crippen LogP contribution in [0, 0.1) is 0 Å². The molecule has 21 heavy (non-hydrogen) atoms. The molecule has 0 aliphatic heterocycles. The Labute approximate surface area is 136 Å². The number of carbonyl (C=O) groups is 1. The molecule has 0 aliphatic rings. The standard InChI is InChI=1S/C16H13BrClNO2/c1-10(19-21-2)14-8-5-12(17)9-15(14)16(20)11-3-6-13(18)7-4-11/h3-9H,1-2H3/b19-10+. The summed E-state index contributed by atoms with van der Waals surface area (Å²) in [5.74, 6) is -0.0892. The first-order valence-corrected chi connectivity index (χ1v) is 7.38. The fraction of sp³-hybridized carbons (Fsp3) is 0.125. The van der Waals surface area contributed by atoms with E-state index in [2.05, 4.69) is 21.1 Å². The minimum atomic E-state index is -0.0892. The second-order valence-electron chi connectivity index (χ2n) is 4.39. The van der Waals surface area contributed by atoms with Crippen LogP contribution in [0.15, 0.2) is 52.1 Å². The number of hydrogen-bond donors (Lipinski definition) is 0. The minimum Gasteiger partial charge on any atom is -0.399 e. The van der Waals surface area contributed by atoms with Gasteiger partial charge in [0, 0.05) is 26.2 Å². The van der Waals surface area contributed by atoms with E-state index in [4.69, 9.17) is 16.4 Å². The van der Waals surface area contributed by atoms with Crippen LogP contribution in [0.5, 0.6) is 0 Å². The number of ketones is 1. The Morgan fingerprint density at radius 3 is 2.43 bits per heavy atom. The molecular formula is C16H13BrClNO2. The summed E-state index contributed by atoms with van der Waals surface area (Å²) in [6.45, 7) is 1.80. The fourth-order valence-corrected chi connectivity index (χ4v) is 2.45. The Kier molecular flexibility index (Phi) is 5.15. The zero-order chi connectivity index (χ0) is 15.4. The molecule has 0 unspecified atom stereocenters. The number of hydrogen-bond acceptors (Lipinski definition) is 3. The van der Waals surface area contributed by atoms with Gasteiger partial charge in [0.25, 0.3) is 0 Å². The van der Waals surface area contributed by atoms with Crippen molar-refractivity contribution in [3.8, 4) is 0 Å². The van der Waals surface area contributed by atoms with Gasteiger partial charge in [0.05, 0.1) is 5.71 Å². The summed E-state index contributed by atoms with van der Waals surface area (Å²) in [5.41, 5.74) is 2.51. The smallest absolute Gasteiger partial charge is 0.193 e. The van der Waals surface area contributed by atoms with Gasteiger partial charge in [-0.3, -0.25) is 4.79 Å². The maximum atomic E-state index is 12.7. The molecule has 0 saturated heterocycles. The van der Waals surface area contributed by atoms with E-state index < -0.39 is 0 Å². The third-order valence-corrected chi connectivity index (χ3v) is 3.70. The molecule has 0 aromatic heterocycles. The van der Waals surface area contributed by atoms with Gasteiger partial charge in [-0.25, -0.2) is 0 Å². The van der Waals surface area contributed by atoms with Gasteiger partial charge in [0.15, 0.2) is 5.78 Å². The van der Waals surface area contributed by atoms with Gasteiger partial charge in [-0.15, -0.1) is 0 Å². The van der Waals surface area contributed by atoms with Crippen molar-refractivity contribution in [1.29, 1.82) is 0 Å². The van der Waals surface area contributed by atoms with E-state index in [0.29, 0.717) is 21.9 Å². The van der Waals surface area contributed by atoms with Gasteiger partial charge in [-0.2, -0.15) is 0 Å². The highest BCUT2D eigenvalue weighted by atomic mass is 79.9. The summed E-state index contributed by atoms with van der Waals surface area (Å²) >= 11 is 9.25. The molecule has 0 heterocycles. The minimum absolute atomic E-state index is 0.0892. The molecule has 2 aromatic carbocycles. The van der Waals surface area contributed by atoms with Crippen LogP contribution in [0.2, 0.25) is 5.02 Å². The maximum absolute atomic E-state index is 12.7. The van der Waals surface area contributed by atoms with E-state index in [1.807, 2.05) is 12.1 Å². The summed E-state index contributed by atoms with van der Waals surface area (Å²) in [4.78, 5) is 17.5. The van der Waals surface area contributed by atoms with E-state index in [1.54, 1.807) is 37.3 Å². The lowest BCUT2D eigenvalue weighted by Crippen LogP contribution is -2.09. The maximum Gasteiger partial charge on any atom is 0.193 e. The quantitative estimate of drug-likeness (QED) is 0.447. The predicted octanol–water partition coefficient (Wildman–Crippen LogP) is 4.70. The number of rotatable bonds is 4. The molecule has 3 nitrogen and oxygen atoms in total. The van der Waals surface area contributed by atoms with Crippen LogP contribution in [-0.2, 0) is 4.84 Å². The molecule has 0 atom stereocenters. The summed E-state index contributed by atoms with van der Waals surface area (Å²) in [5, 5.41) is 4.50. The first-order chi connectivity index (χ1) is 10.0. The van der Waals surface area contributed by atoms with Crippen molar-refractivity contribution in [2.75, 3.05) is 7.11 Å². The molecular weight excluding hydrogens is 354 g/mol. The van der Waals surface area contributed by atoms with Crippen molar-refractivity contribution in [1.82, 2.24) is 0 Å². The van der Waals surface area contributed by atoms with E-state index in [0.717, 1.165) is 10.0 Å². The summed E-state index contributed by atoms with van der Waals surface area (Å²) in [6, 6.07) is 12.3. The van der Waals surface area contributed by atoms with Crippen LogP contribution in [0.3, 0.4) is 0 Å². The molecule has 0 amide bonds. The molecule has 0 spiro atoms. The summed E-state index contributed by atoms with van der Waals surface area (Å²) in [6.07, 6.45) is 0. The Balaban J connectivity index is 2.51. The zero-order valence-corrected chi connectivity index (χ0v) is 13.9. The van der Waals surface area contributed by atoms with Crippen LogP contribution >= 0.6 is 27.5 Å². The lowest BCUT2D eigenvalue weighted by Gasteiger charge is -2.09. The summed E-state index contributed by atoms with van der Waals surface area (Å²) < 4.78 is 0.828. The van der Waals surface area contributed by atoms with Crippen molar-refractivity contribution in [2.24, 2.45) is 5.16 Å². The van der Waals surface area contributed by atoms with Gasteiger partial charge in [-0.1, -0.05) is 38.8 Å². The number of oxime groups is 1. The first-order valence-electron chi connectivity index (χ1n) is 6.21. The highest BCUT2D eigenvalue weighted by Crippen LogP contribution is 2.22. The van der Waals surface area contributed by atoms with Crippen molar-refractivity contribution >= 4 is 39.0 Å². The number of benzene rings is 2. The van der Waals surface area contributed by atoms with Crippen LogP contribution < -0.4 is 0 Å². The van der Waals surface area contributed by atoms with E-state index in [9.17, 15) is 4.79 Å². The van der Waals surface area contributed by atoms with Gasteiger partial charge in [0.1, 0.15) is 7.11 Å². The molecule has 108 valence electrons. The van der Waals surface area contributed by atoms with Gasteiger partial charge in [0.2, 0.25) is 0 Å². The van der Waals surface area contributed by atoms with Crippen molar-refractivity contribution in [3.05, 3.63) is 68.7 Å². The highest BCUT2D eigenvalue weighted by molar-refractivity contribution is 9.10. The second-order valence-corrected chi connectivity index (χ2v) is 5.74. The Morgan fingerprint density at radius 1 is 1.14 bits per heavy atom. The van der Waals surface area contributed by atoms with Crippen LogP contribution in [-0.4, -0.2) is 18.6 Å². The van der Waals surface area contributed by atoms with E-state index in [-0.39, 0.29) is 5.78 Å². The summed E-state index contributed by atoms with van der Waals surface area (Å²) in [7, 11) is 1.48. The van der Waals surface area contributed by atoms with Gasteiger partial charge >= 0.3 is 0 Å².